The first-order valence-electron chi connectivity index (χ1n) is 44.6. The third-order valence-electron chi connectivity index (χ3n) is 28.2. The molecule has 0 bridgehead atoms. The molecule has 3 nitrogen and oxygen atoms in total. The van der Waals surface area contributed by atoms with Crippen LogP contribution in [0.15, 0.2) is 331 Å². The van der Waals surface area contributed by atoms with Gasteiger partial charge < -0.3 is 59.3 Å². The van der Waals surface area contributed by atoms with E-state index < -0.39 is 62.5 Å². The summed E-state index contributed by atoms with van der Waals surface area (Å²) in [6.07, 6.45) is 24.0. The van der Waals surface area contributed by atoms with Crippen LogP contribution in [-0.4, -0.2) is 19.6 Å². The fraction of sp³-hybridized carbons (Fsp3) is 0.190. The van der Waals surface area contributed by atoms with Crippen molar-refractivity contribution in [1.29, 1.82) is 0 Å². The Balaban J connectivity index is 0.000000169. The molecule has 6 unspecified atom stereocenters. The van der Waals surface area contributed by atoms with Crippen molar-refractivity contribution >= 4 is 143 Å². The van der Waals surface area contributed by atoms with Gasteiger partial charge in [-0.2, -0.15) is 0 Å². The van der Waals surface area contributed by atoms with Crippen LogP contribution in [0.4, 0.5) is 34.1 Å². The predicted molar refractivity (Wildman–Crippen MR) is 576 cm³/mol. The van der Waals surface area contributed by atoms with E-state index in [2.05, 4.69) is 390 Å². The third-order valence-corrected chi connectivity index (χ3v) is 28.2. The van der Waals surface area contributed by atoms with Crippen molar-refractivity contribution in [3.8, 4) is 33.4 Å². The van der Waals surface area contributed by atoms with Crippen LogP contribution in [0.2, 0.25) is 0 Å². The summed E-state index contributed by atoms with van der Waals surface area (Å²) in [4.78, 5) is 7.66. The van der Waals surface area contributed by atoms with Crippen molar-refractivity contribution in [2.45, 2.75) is 128 Å². The molecule has 3 aliphatic heterocycles. The number of halogens is 6. The molecule has 0 radical (unpaired) electrons. The average Bonchev–Trinajstić information content (AvgIpc) is 1.60. The number of hydrogen-bond acceptors (Lipinski definition) is 3. The molecule has 0 saturated carbocycles. The van der Waals surface area contributed by atoms with Crippen LogP contribution in [0.1, 0.15) is 193 Å². The molecular weight excluding hydrogens is 1980 g/mol. The van der Waals surface area contributed by atoms with Crippen molar-refractivity contribution in [2.75, 3.05) is 34.3 Å². The molecule has 3 heterocycles. The molecule has 6 atom stereocenters. The SMILES string of the molecule is CC1=Cc2c(-c3cccc4ccccc34)cccc2C1CC1C(C)=Cc2c1cccc2N1CCCc2ccccc21.CC1=Cc2c(-c3cccc4ccccc34)cccc2C1CC1C(C)=Cc2c1cccc2N1CCc2ccccc21.CC1=Cc2c(-c3ccccc3)cccc2C1CC1C(C)=Cc2c1cccc2N1CCCc2ccccc21.[CH3-].[CH3-].[CH3-].[CH3-].[CH3-].[CH3-].[Cl][Zr+2][Cl].[Cl][Zr+2][Cl].[Cl][Zr+2][Cl]. The quantitative estimate of drug-likeness (QED) is 0.113. The topological polar surface area (TPSA) is 9.72 Å². The molecule has 9 aliphatic rings. The van der Waals surface area contributed by atoms with Gasteiger partial charge in [0.05, 0.1) is 0 Å². The van der Waals surface area contributed by atoms with Crippen LogP contribution in [0, 0.1) is 44.6 Å². The van der Waals surface area contributed by atoms with Gasteiger partial charge in [0.1, 0.15) is 0 Å². The zero-order chi connectivity index (χ0) is 87.3. The van der Waals surface area contributed by atoms with Gasteiger partial charge in [0, 0.05) is 106 Å². The second kappa shape index (κ2) is 47.3. The van der Waals surface area contributed by atoms with E-state index in [1.807, 2.05) is 0 Å². The van der Waals surface area contributed by atoms with Crippen LogP contribution in [0.3, 0.4) is 0 Å². The van der Waals surface area contributed by atoms with Gasteiger partial charge in [0.15, 0.2) is 0 Å². The summed E-state index contributed by atoms with van der Waals surface area (Å²) < 4.78 is 0. The number of fused-ring (bicyclic) bond motifs is 11. The Morgan fingerprint density at radius 3 is 0.827 bits per heavy atom. The molecule has 14 aromatic rings. The van der Waals surface area contributed by atoms with E-state index in [-0.39, 0.29) is 44.6 Å². The molecule has 0 spiro atoms. The summed E-state index contributed by atoms with van der Waals surface area (Å²) in [5, 5.41) is 5.25. The van der Waals surface area contributed by atoms with E-state index in [0.29, 0.717) is 35.5 Å². The van der Waals surface area contributed by atoms with Gasteiger partial charge in [-0.25, -0.2) is 0 Å². The second-order valence-electron chi connectivity index (χ2n) is 35.1. The van der Waals surface area contributed by atoms with Gasteiger partial charge in [0.25, 0.3) is 0 Å². The molecule has 133 heavy (non-hydrogen) atoms. The Kier molecular flexibility index (Phi) is 36.9. The molecule has 672 valence electrons. The molecule has 0 N–H and O–H groups in total. The number of anilines is 6. The van der Waals surface area contributed by atoms with Crippen LogP contribution < -0.4 is 14.7 Å². The van der Waals surface area contributed by atoms with Crippen LogP contribution in [0.25, 0.3) is 91.4 Å². The number of benzene rings is 14. The summed E-state index contributed by atoms with van der Waals surface area (Å²) in [6.45, 7) is 17.3. The molecule has 0 fully saturated rings. The van der Waals surface area contributed by atoms with Crippen molar-refractivity contribution in [3.63, 3.8) is 0 Å². The Labute approximate surface area is 851 Å². The number of hydrogen-bond donors (Lipinski definition) is 0. The molecular formula is C121H119Cl6N3Zr3. The van der Waals surface area contributed by atoms with Gasteiger partial charge >= 0.3 is 114 Å². The van der Waals surface area contributed by atoms with E-state index in [1.165, 1.54) is 232 Å². The van der Waals surface area contributed by atoms with E-state index in [1.54, 1.807) is 0 Å². The first-order valence-corrected chi connectivity index (χ1v) is 63.6. The van der Waals surface area contributed by atoms with Crippen molar-refractivity contribution in [1.82, 2.24) is 0 Å². The number of rotatable bonds is 12. The summed E-state index contributed by atoms with van der Waals surface area (Å²) in [5.74, 6) is 2.64. The van der Waals surface area contributed by atoms with E-state index >= 15 is 0 Å². The van der Waals surface area contributed by atoms with Crippen LogP contribution >= 0.6 is 51.1 Å². The van der Waals surface area contributed by atoms with Crippen molar-refractivity contribution < 1.29 is 62.5 Å². The number of nitrogens with zero attached hydrogens (tertiary/aromatic N) is 3. The normalized spacial score (nSPS) is 17.2. The Morgan fingerprint density at radius 1 is 0.233 bits per heavy atom. The maximum absolute atomic E-state index is 4.93. The standard InChI is InChI=1S/C40H35N.C39H33N.C36H33N.6CH3.6ClH.3Zr/c1-26-23-37-32(31-16-7-13-28-11-3-5-15-30(28)31)17-8-18-33(37)35(26)25-36-27(2)24-38-34(36)19-9-21-40(38)41-22-10-14-29-12-4-6-20-39(29)41;1-25-22-36-31(30-14-7-12-27-10-3-5-13-29(27)30)15-8-16-32(36)34(25)24-35-26(2)23-37-33(35)17-9-19-39(37)40-21-20-28-11-4-6-18-38(28)40;1-24-21-33-28(26-11-4-3-5-12-26)15-8-16-29(33)31(24)23-32-25(2)22-34-30(32)17-9-19-36(34)37-20-10-14-27-13-6-7-18-35(27)37;;;;;;;;;;;;;;;/h3-9,11-13,15-21,23-24,35-36H,10,14,22,25H2,1-2H3;3-19,22-23,34-35H,20-21,24H2,1-2H3;3-9,11-13,15-19,21-22,31-32H,10,14,20,23H2,1-2H3;6*1H3;6*1H;;;/q;;;6*-1;;;;;;;3*+4/p-6. The molecule has 0 aromatic heterocycles. The Bertz CT molecular complexity index is 6670. The van der Waals surface area contributed by atoms with Crippen LogP contribution in [0.5, 0.6) is 0 Å². The summed E-state index contributed by atoms with van der Waals surface area (Å²) >= 11 is -2.48. The minimum absolute atomic E-state index is 0. The number of aryl methyl sites for hydroxylation is 2. The minimum atomic E-state index is -0.826. The Hall–Kier alpha value is -8.17. The first-order chi connectivity index (χ1) is 62.3. The summed E-state index contributed by atoms with van der Waals surface area (Å²) in [6, 6.07) is 110. The van der Waals surface area contributed by atoms with Crippen molar-refractivity contribution in [2.24, 2.45) is 0 Å². The predicted octanol–water partition coefficient (Wildman–Crippen LogP) is 37.3. The molecule has 12 heteroatoms. The summed E-state index contributed by atoms with van der Waals surface area (Å²) in [5.41, 5.74) is 47.0. The fourth-order valence-electron chi connectivity index (χ4n) is 22.4. The number of para-hydroxylation sites is 3. The number of allylic oxidation sites excluding steroid dienone is 6. The maximum atomic E-state index is 4.93. The molecule has 0 saturated heterocycles. The van der Waals surface area contributed by atoms with E-state index in [9.17, 15) is 0 Å². The molecule has 6 aliphatic carbocycles. The van der Waals surface area contributed by atoms with Crippen molar-refractivity contribution in [3.05, 3.63) is 459 Å². The molecule has 0 amide bonds. The first kappa shape index (κ1) is 104. The zero-order valence-corrected chi connectivity index (χ0v) is 90.5. The van der Waals surface area contributed by atoms with Gasteiger partial charge in [-0.15, -0.1) is 0 Å². The summed E-state index contributed by atoms with van der Waals surface area (Å²) in [7, 11) is 29.6. The zero-order valence-electron chi connectivity index (χ0n) is 78.6. The van der Waals surface area contributed by atoms with E-state index in [4.69, 9.17) is 51.1 Å². The van der Waals surface area contributed by atoms with Gasteiger partial charge in [0.2, 0.25) is 0 Å². The monoisotopic (exact) mass is 2090 g/mol. The van der Waals surface area contributed by atoms with E-state index in [0.717, 1.165) is 45.3 Å². The third kappa shape index (κ3) is 21.0. The molecule has 14 aromatic carbocycles. The van der Waals surface area contributed by atoms with Gasteiger partial charge in [-0.1, -0.05) is 331 Å². The van der Waals surface area contributed by atoms with Gasteiger partial charge in [-0.05, 0) is 251 Å². The fourth-order valence-corrected chi connectivity index (χ4v) is 22.4. The van der Waals surface area contributed by atoms with Gasteiger partial charge in [-0.3, -0.25) is 0 Å². The second-order valence-corrected chi connectivity index (χ2v) is 46.2. The Morgan fingerprint density at radius 2 is 0.474 bits per heavy atom. The average molecular weight is 2100 g/mol. The molecule has 23 rings (SSSR count). The van der Waals surface area contributed by atoms with Crippen LogP contribution in [-0.2, 0) is 81.8 Å².